The van der Waals surface area contributed by atoms with Crippen LogP contribution in [0, 0.1) is 17.0 Å². The number of nitro benzene ring substituents is 1. The highest BCUT2D eigenvalue weighted by atomic mass is 16.7. The minimum Gasteiger partial charge on any atom is -0.269 e. The van der Waals surface area contributed by atoms with Crippen LogP contribution < -0.4 is 5.06 Å². The molecule has 0 aliphatic rings. The molecule has 21 heavy (non-hydrogen) atoms. The van der Waals surface area contributed by atoms with Crippen molar-refractivity contribution in [3.63, 3.8) is 0 Å². The van der Waals surface area contributed by atoms with Crippen molar-refractivity contribution in [2.75, 3.05) is 12.2 Å². The highest BCUT2D eigenvalue weighted by molar-refractivity contribution is 6.04. The molecule has 6 heteroatoms. The number of benzene rings is 2. The lowest BCUT2D eigenvalue weighted by Crippen LogP contribution is -2.29. The standard InChI is InChI=1S/C15H14N2O4/c1-11-4-3-5-14(10-11)16(21-2)15(18)12-6-8-13(9-7-12)17(19)20/h3-10H,1-2H3. The largest absolute Gasteiger partial charge is 0.282 e. The van der Waals surface area contributed by atoms with Crippen LogP contribution in [0.25, 0.3) is 0 Å². The normalized spacial score (nSPS) is 10.2. The average molecular weight is 286 g/mol. The first-order valence-electron chi connectivity index (χ1n) is 6.22. The molecule has 6 nitrogen and oxygen atoms in total. The Morgan fingerprint density at radius 3 is 2.38 bits per heavy atom. The summed E-state index contributed by atoms with van der Waals surface area (Å²) < 4.78 is 0. The minimum atomic E-state index is -0.511. The molecule has 2 aromatic rings. The number of hydroxylamine groups is 1. The van der Waals surface area contributed by atoms with Crippen molar-refractivity contribution in [3.8, 4) is 0 Å². The Morgan fingerprint density at radius 2 is 1.86 bits per heavy atom. The maximum absolute atomic E-state index is 12.4. The molecule has 0 fully saturated rings. The van der Waals surface area contributed by atoms with E-state index in [2.05, 4.69) is 0 Å². The Morgan fingerprint density at radius 1 is 1.19 bits per heavy atom. The minimum absolute atomic E-state index is 0.0638. The van der Waals surface area contributed by atoms with E-state index in [1.165, 1.54) is 31.4 Å². The van der Waals surface area contributed by atoms with Crippen molar-refractivity contribution in [2.45, 2.75) is 6.92 Å². The molecule has 0 bridgehead atoms. The molecule has 0 aromatic heterocycles. The monoisotopic (exact) mass is 286 g/mol. The van der Waals surface area contributed by atoms with Gasteiger partial charge >= 0.3 is 0 Å². The highest BCUT2D eigenvalue weighted by Gasteiger charge is 2.18. The quantitative estimate of drug-likeness (QED) is 0.639. The average Bonchev–Trinajstić information content (AvgIpc) is 2.48. The number of anilines is 1. The number of nitrogens with zero attached hydrogens (tertiary/aromatic N) is 2. The molecule has 1 amide bonds. The third-order valence-electron chi connectivity index (χ3n) is 2.93. The molecular weight excluding hydrogens is 272 g/mol. The van der Waals surface area contributed by atoms with Gasteiger partial charge in [0.15, 0.2) is 0 Å². The maximum atomic E-state index is 12.4. The SMILES string of the molecule is CON(C(=O)c1ccc([N+](=O)[O-])cc1)c1cccc(C)c1. The number of carbonyl (C=O) groups is 1. The van der Waals surface area contributed by atoms with Crippen LogP contribution in [0.15, 0.2) is 48.5 Å². The number of aryl methyl sites for hydroxylation is 1. The highest BCUT2D eigenvalue weighted by Crippen LogP contribution is 2.20. The first kappa shape index (κ1) is 14.7. The molecule has 0 saturated heterocycles. The fourth-order valence-corrected chi connectivity index (χ4v) is 1.90. The Bertz CT molecular complexity index is 668. The van der Waals surface area contributed by atoms with Gasteiger partial charge in [-0.15, -0.1) is 0 Å². The van der Waals surface area contributed by atoms with Crippen molar-refractivity contribution in [3.05, 3.63) is 69.8 Å². The fraction of sp³-hybridized carbons (Fsp3) is 0.133. The van der Waals surface area contributed by atoms with E-state index in [9.17, 15) is 14.9 Å². The third kappa shape index (κ3) is 3.24. The van der Waals surface area contributed by atoms with Crippen molar-refractivity contribution in [2.24, 2.45) is 0 Å². The zero-order valence-electron chi connectivity index (χ0n) is 11.6. The maximum Gasteiger partial charge on any atom is 0.282 e. The van der Waals surface area contributed by atoms with Crippen LogP contribution in [0.2, 0.25) is 0 Å². The van der Waals surface area contributed by atoms with E-state index in [1.54, 1.807) is 6.07 Å². The van der Waals surface area contributed by atoms with Gasteiger partial charge < -0.3 is 0 Å². The van der Waals surface area contributed by atoms with E-state index in [1.807, 2.05) is 25.1 Å². The second-order valence-corrected chi connectivity index (χ2v) is 4.43. The van der Waals surface area contributed by atoms with Gasteiger partial charge in [-0.05, 0) is 36.8 Å². The summed E-state index contributed by atoms with van der Waals surface area (Å²) in [5.74, 6) is -0.391. The Balaban J connectivity index is 2.30. The van der Waals surface area contributed by atoms with Crippen molar-refractivity contribution in [1.29, 1.82) is 0 Å². The molecule has 0 aliphatic heterocycles. The van der Waals surface area contributed by atoms with Gasteiger partial charge in [-0.3, -0.25) is 19.7 Å². The number of carbonyl (C=O) groups excluding carboxylic acids is 1. The van der Waals surface area contributed by atoms with Crippen LogP contribution in [-0.2, 0) is 4.84 Å². The lowest BCUT2D eigenvalue weighted by atomic mass is 10.1. The number of hydrogen-bond acceptors (Lipinski definition) is 4. The number of rotatable bonds is 4. The van der Waals surface area contributed by atoms with Crippen LogP contribution in [0.1, 0.15) is 15.9 Å². The molecule has 0 atom stereocenters. The van der Waals surface area contributed by atoms with Crippen LogP contribution >= 0.6 is 0 Å². The van der Waals surface area contributed by atoms with Crippen molar-refractivity contribution in [1.82, 2.24) is 0 Å². The summed E-state index contributed by atoms with van der Waals surface area (Å²) in [4.78, 5) is 27.6. The third-order valence-corrected chi connectivity index (χ3v) is 2.93. The molecular formula is C15H14N2O4. The summed E-state index contributed by atoms with van der Waals surface area (Å²) in [6.07, 6.45) is 0. The number of nitro groups is 1. The topological polar surface area (TPSA) is 72.7 Å². The Kier molecular flexibility index (Phi) is 4.30. The van der Waals surface area contributed by atoms with Crippen LogP contribution in [-0.4, -0.2) is 17.9 Å². The Labute approximate surface area is 121 Å². The van der Waals surface area contributed by atoms with E-state index in [0.29, 0.717) is 11.3 Å². The van der Waals surface area contributed by atoms with Gasteiger partial charge in [0.05, 0.1) is 17.7 Å². The summed E-state index contributed by atoms with van der Waals surface area (Å²) in [5, 5.41) is 11.8. The molecule has 0 unspecified atom stereocenters. The van der Waals surface area contributed by atoms with E-state index < -0.39 is 10.8 Å². The summed E-state index contributed by atoms with van der Waals surface area (Å²) in [6.45, 7) is 1.91. The Hall–Kier alpha value is -2.73. The van der Waals surface area contributed by atoms with Gasteiger partial charge in [-0.1, -0.05) is 12.1 Å². The first-order chi connectivity index (χ1) is 10.0. The van der Waals surface area contributed by atoms with E-state index in [0.717, 1.165) is 10.6 Å². The van der Waals surface area contributed by atoms with E-state index in [-0.39, 0.29) is 5.69 Å². The van der Waals surface area contributed by atoms with Gasteiger partial charge in [0.2, 0.25) is 0 Å². The van der Waals surface area contributed by atoms with Gasteiger partial charge in [-0.25, -0.2) is 0 Å². The molecule has 0 N–H and O–H groups in total. The summed E-state index contributed by atoms with van der Waals surface area (Å²) in [6, 6.07) is 12.7. The van der Waals surface area contributed by atoms with Gasteiger partial charge in [0.25, 0.3) is 11.6 Å². The first-order valence-corrected chi connectivity index (χ1v) is 6.22. The molecule has 0 radical (unpaired) electrons. The predicted octanol–water partition coefficient (Wildman–Crippen LogP) is 3.11. The summed E-state index contributed by atoms with van der Waals surface area (Å²) in [5.41, 5.74) is 1.84. The summed E-state index contributed by atoms with van der Waals surface area (Å²) in [7, 11) is 1.39. The summed E-state index contributed by atoms with van der Waals surface area (Å²) >= 11 is 0. The van der Waals surface area contributed by atoms with Gasteiger partial charge in [0.1, 0.15) is 0 Å². The van der Waals surface area contributed by atoms with Gasteiger partial charge in [-0.2, -0.15) is 5.06 Å². The lowest BCUT2D eigenvalue weighted by Gasteiger charge is -2.20. The number of amides is 1. The molecule has 0 saturated carbocycles. The van der Waals surface area contributed by atoms with Crippen LogP contribution in [0.5, 0.6) is 0 Å². The lowest BCUT2D eigenvalue weighted by molar-refractivity contribution is -0.384. The molecule has 2 rings (SSSR count). The molecule has 0 spiro atoms. The smallest absolute Gasteiger partial charge is 0.269 e. The molecule has 108 valence electrons. The van der Waals surface area contributed by atoms with Crippen molar-refractivity contribution >= 4 is 17.3 Å². The van der Waals surface area contributed by atoms with Crippen LogP contribution in [0.4, 0.5) is 11.4 Å². The number of hydrogen-bond donors (Lipinski definition) is 0. The van der Waals surface area contributed by atoms with Crippen LogP contribution in [0.3, 0.4) is 0 Å². The predicted molar refractivity (Wildman–Crippen MR) is 78.1 cm³/mol. The fourth-order valence-electron chi connectivity index (χ4n) is 1.90. The van der Waals surface area contributed by atoms with E-state index >= 15 is 0 Å². The number of non-ortho nitro benzene ring substituents is 1. The van der Waals surface area contributed by atoms with E-state index in [4.69, 9.17) is 4.84 Å². The van der Waals surface area contributed by atoms with Gasteiger partial charge in [0, 0.05) is 17.7 Å². The van der Waals surface area contributed by atoms with Crippen molar-refractivity contribution < 1.29 is 14.6 Å². The zero-order valence-corrected chi connectivity index (χ0v) is 11.6. The second kappa shape index (κ2) is 6.15. The second-order valence-electron chi connectivity index (χ2n) is 4.43. The molecule has 2 aromatic carbocycles. The zero-order chi connectivity index (χ0) is 15.4. The molecule has 0 heterocycles. The molecule has 0 aliphatic carbocycles.